The largest absolute Gasteiger partial charge is 0.0781 e. The molecule has 12 heavy (non-hydrogen) atoms. The molecule has 0 saturated heterocycles. The zero-order chi connectivity index (χ0) is 8.88. The molecule has 0 radical (unpaired) electrons. The van der Waals surface area contributed by atoms with Gasteiger partial charge in [0.15, 0.2) is 0 Å². The lowest BCUT2D eigenvalue weighted by atomic mass is 9.82. The number of allylic oxidation sites excluding steroid dienone is 4. The van der Waals surface area contributed by atoms with Crippen molar-refractivity contribution >= 4 is 0 Å². The van der Waals surface area contributed by atoms with Gasteiger partial charge in [-0.25, -0.2) is 0 Å². The molecule has 0 amide bonds. The van der Waals surface area contributed by atoms with Crippen molar-refractivity contribution in [2.45, 2.75) is 27.7 Å². The van der Waals surface area contributed by atoms with Crippen LogP contribution in [0.1, 0.15) is 27.7 Å². The molecular formula is C12H18. The Labute approximate surface area is 75.4 Å². The predicted molar refractivity (Wildman–Crippen MR) is 52.8 cm³/mol. The number of fused-ring (bicyclic) bond motifs is 1. The molecule has 0 heteroatoms. The molecule has 2 rings (SSSR count). The standard InChI is InChI=1S/C12H18/c1-7-5-11-6-8(2)10(4)12(11)9(7)3/h5-6,9-12H,1-4H3. The van der Waals surface area contributed by atoms with Crippen LogP contribution in [0.5, 0.6) is 0 Å². The molecule has 0 bridgehead atoms. The van der Waals surface area contributed by atoms with Gasteiger partial charge in [-0.2, -0.15) is 0 Å². The van der Waals surface area contributed by atoms with E-state index in [-0.39, 0.29) is 0 Å². The summed E-state index contributed by atoms with van der Waals surface area (Å²) in [6, 6.07) is 0. The van der Waals surface area contributed by atoms with Crippen molar-refractivity contribution in [2.75, 3.05) is 0 Å². The summed E-state index contributed by atoms with van der Waals surface area (Å²) >= 11 is 0. The Kier molecular flexibility index (Phi) is 1.67. The first-order valence-corrected chi connectivity index (χ1v) is 4.98. The highest BCUT2D eigenvalue weighted by Crippen LogP contribution is 2.48. The van der Waals surface area contributed by atoms with Gasteiger partial charge in [-0.1, -0.05) is 37.1 Å². The third-order valence-corrected chi connectivity index (χ3v) is 3.95. The summed E-state index contributed by atoms with van der Waals surface area (Å²) in [5, 5.41) is 0. The molecule has 0 nitrogen and oxygen atoms in total. The van der Waals surface area contributed by atoms with Crippen molar-refractivity contribution in [1.29, 1.82) is 0 Å². The second-order valence-electron chi connectivity index (χ2n) is 4.55. The Morgan fingerprint density at radius 3 is 1.67 bits per heavy atom. The van der Waals surface area contributed by atoms with Crippen LogP contribution in [0.3, 0.4) is 0 Å². The lowest BCUT2D eigenvalue weighted by molar-refractivity contribution is 0.326. The first kappa shape index (κ1) is 8.10. The van der Waals surface area contributed by atoms with Crippen molar-refractivity contribution in [2.24, 2.45) is 23.7 Å². The summed E-state index contributed by atoms with van der Waals surface area (Å²) in [6.45, 7) is 9.30. The van der Waals surface area contributed by atoms with Crippen LogP contribution in [-0.2, 0) is 0 Å². The minimum absolute atomic E-state index is 0.759. The van der Waals surface area contributed by atoms with Crippen molar-refractivity contribution in [1.82, 2.24) is 0 Å². The van der Waals surface area contributed by atoms with Crippen LogP contribution in [0.15, 0.2) is 23.3 Å². The molecule has 2 unspecified atom stereocenters. The topological polar surface area (TPSA) is 0 Å². The number of hydrogen-bond donors (Lipinski definition) is 0. The molecule has 0 saturated carbocycles. The van der Waals surface area contributed by atoms with E-state index >= 15 is 0 Å². The Bertz CT molecular complexity index is 231. The maximum absolute atomic E-state index is 2.46. The highest BCUT2D eigenvalue weighted by Gasteiger charge is 2.39. The lowest BCUT2D eigenvalue weighted by Crippen LogP contribution is -2.17. The zero-order valence-electron chi connectivity index (χ0n) is 8.46. The van der Waals surface area contributed by atoms with E-state index in [0.717, 1.165) is 23.7 Å². The van der Waals surface area contributed by atoms with Gasteiger partial charge in [0, 0.05) is 0 Å². The Balaban J connectivity index is 2.31. The van der Waals surface area contributed by atoms with Crippen LogP contribution >= 0.6 is 0 Å². The molecule has 0 heterocycles. The Morgan fingerprint density at radius 1 is 0.917 bits per heavy atom. The van der Waals surface area contributed by atoms with Crippen LogP contribution in [0.2, 0.25) is 0 Å². The fraction of sp³-hybridized carbons (Fsp3) is 0.667. The van der Waals surface area contributed by atoms with Crippen molar-refractivity contribution < 1.29 is 0 Å². The minimum Gasteiger partial charge on any atom is -0.0781 e. The predicted octanol–water partition coefficient (Wildman–Crippen LogP) is 3.41. The third-order valence-electron chi connectivity index (χ3n) is 3.95. The molecule has 0 aromatic rings. The maximum atomic E-state index is 2.46. The second kappa shape index (κ2) is 2.48. The van der Waals surface area contributed by atoms with E-state index in [1.54, 1.807) is 11.1 Å². The fourth-order valence-electron chi connectivity index (χ4n) is 2.89. The quantitative estimate of drug-likeness (QED) is 0.479. The molecular weight excluding hydrogens is 144 g/mol. The Hall–Kier alpha value is -0.520. The summed E-state index contributed by atoms with van der Waals surface area (Å²) < 4.78 is 0. The molecule has 2 atom stereocenters. The van der Waals surface area contributed by atoms with Crippen molar-refractivity contribution in [3.8, 4) is 0 Å². The fourth-order valence-corrected chi connectivity index (χ4v) is 2.89. The van der Waals surface area contributed by atoms with Gasteiger partial charge in [-0.15, -0.1) is 0 Å². The Morgan fingerprint density at radius 2 is 1.33 bits per heavy atom. The van der Waals surface area contributed by atoms with E-state index in [1.807, 2.05) is 0 Å². The van der Waals surface area contributed by atoms with E-state index in [1.165, 1.54) is 0 Å². The first-order valence-electron chi connectivity index (χ1n) is 4.98. The number of rotatable bonds is 0. The minimum atomic E-state index is 0.759. The van der Waals surface area contributed by atoms with Crippen molar-refractivity contribution in [3.63, 3.8) is 0 Å². The van der Waals surface area contributed by atoms with Gasteiger partial charge >= 0.3 is 0 Å². The van der Waals surface area contributed by atoms with Gasteiger partial charge < -0.3 is 0 Å². The van der Waals surface area contributed by atoms with Crippen molar-refractivity contribution in [3.05, 3.63) is 23.3 Å². The van der Waals surface area contributed by atoms with E-state index in [9.17, 15) is 0 Å². The van der Waals surface area contributed by atoms with Gasteiger partial charge in [0.1, 0.15) is 0 Å². The average Bonchev–Trinajstić information content (AvgIpc) is 2.40. The summed E-state index contributed by atoms with van der Waals surface area (Å²) in [5.74, 6) is 3.25. The van der Waals surface area contributed by atoms with Crippen LogP contribution in [-0.4, -0.2) is 0 Å². The van der Waals surface area contributed by atoms with E-state index in [0.29, 0.717) is 0 Å². The van der Waals surface area contributed by atoms with Crippen LogP contribution in [0.4, 0.5) is 0 Å². The highest BCUT2D eigenvalue weighted by molar-refractivity contribution is 5.29. The third kappa shape index (κ3) is 0.903. The zero-order valence-corrected chi connectivity index (χ0v) is 8.46. The van der Waals surface area contributed by atoms with E-state index in [4.69, 9.17) is 0 Å². The molecule has 0 fully saturated rings. The molecule has 66 valence electrons. The molecule has 0 aromatic carbocycles. The monoisotopic (exact) mass is 162 g/mol. The maximum Gasteiger partial charge on any atom is -0.000860 e. The summed E-state index contributed by atoms with van der Waals surface area (Å²) in [7, 11) is 0. The molecule has 2 aliphatic carbocycles. The second-order valence-corrected chi connectivity index (χ2v) is 4.55. The molecule has 0 aliphatic heterocycles. The van der Waals surface area contributed by atoms with Gasteiger partial charge in [-0.05, 0) is 37.5 Å². The normalized spacial score (nSPS) is 45.7. The lowest BCUT2D eigenvalue weighted by Gasteiger charge is -2.22. The van der Waals surface area contributed by atoms with E-state index < -0.39 is 0 Å². The van der Waals surface area contributed by atoms with E-state index in [2.05, 4.69) is 39.8 Å². The van der Waals surface area contributed by atoms with Gasteiger partial charge in [-0.3, -0.25) is 0 Å². The van der Waals surface area contributed by atoms with Gasteiger partial charge in [0.05, 0.1) is 0 Å². The first-order chi connectivity index (χ1) is 5.61. The number of hydrogen-bond acceptors (Lipinski definition) is 0. The van der Waals surface area contributed by atoms with Crippen LogP contribution in [0, 0.1) is 23.7 Å². The molecule has 0 N–H and O–H groups in total. The van der Waals surface area contributed by atoms with Crippen LogP contribution in [0.25, 0.3) is 0 Å². The summed E-state index contributed by atoms with van der Waals surface area (Å²) in [6.07, 6.45) is 4.92. The highest BCUT2D eigenvalue weighted by atomic mass is 14.4. The average molecular weight is 162 g/mol. The van der Waals surface area contributed by atoms with Crippen LogP contribution < -0.4 is 0 Å². The SMILES string of the molecule is CC1=CC2C=C(C)C(C)C2C1C. The summed E-state index contributed by atoms with van der Waals surface area (Å²) in [4.78, 5) is 0. The smallest absolute Gasteiger partial charge is 0.000860 e. The summed E-state index contributed by atoms with van der Waals surface area (Å²) in [5.41, 5.74) is 3.20. The molecule has 2 aliphatic rings. The van der Waals surface area contributed by atoms with Gasteiger partial charge in [0.25, 0.3) is 0 Å². The molecule has 0 spiro atoms. The molecule has 0 aromatic heterocycles. The van der Waals surface area contributed by atoms with Gasteiger partial charge in [0.2, 0.25) is 0 Å².